The molecule has 0 amide bonds. The summed E-state index contributed by atoms with van der Waals surface area (Å²) in [6.07, 6.45) is -1.84. The number of methoxy groups -OCH3 is 1. The number of rotatable bonds is 3. The van der Waals surface area contributed by atoms with Gasteiger partial charge in [-0.05, 0) is 0 Å². The molecule has 1 heterocycles. The number of aliphatic hydroxyl groups excluding tert-OH is 1. The zero-order chi connectivity index (χ0) is 10.7. The topological polar surface area (TPSA) is 62.6 Å². The summed E-state index contributed by atoms with van der Waals surface area (Å²) in [7, 11) is 1.20. The van der Waals surface area contributed by atoms with E-state index in [4.69, 9.17) is 5.11 Å². The molecular weight excluding hydrogens is 196 g/mol. The Morgan fingerprint density at radius 3 is 2.64 bits per heavy atom. The van der Waals surface area contributed by atoms with Crippen LogP contribution in [0.3, 0.4) is 0 Å². The first-order valence-corrected chi connectivity index (χ1v) is 3.75. The number of nitrogens with zero attached hydrogens (tertiary/aromatic N) is 1. The second kappa shape index (κ2) is 4.19. The number of hydrogen-bond acceptors (Lipinski definition) is 4. The Labute approximate surface area is 78.8 Å². The molecule has 14 heavy (non-hydrogen) atoms. The molecule has 0 aliphatic carbocycles. The number of aliphatic hydroxyl groups is 1. The highest BCUT2D eigenvalue weighted by Crippen LogP contribution is 2.36. The highest BCUT2D eigenvalue weighted by atomic mass is 19.3. The summed E-state index contributed by atoms with van der Waals surface area (Å²) in [6, 6.07) is 0. The summed E-state index contributed by atoms with van der Waals surface area (Å²) in [5.41, 5.74) is -0.752. The minimum absolute atomic E-state index is 0.113. The van der Waals surface area contributed by atoms with Gasteiger partial charge in [-0.15, -0.1) is 0 Å². The van der Waals surface area contributed by atoms with E-state index in [0.29, 0.717) is 0 Å². The van der Waals surface area contributed by atoms with Crippen LogP contribution in [0.25, 0.3) is 0 Å². The lowest BCUT2D eigenvalue weighted by Crippen LogP contribution is -1.99. The zero-order valence-electron chi connectivity index (χ0n) is 7.37. The highest BCUT2D eigenvalue weighted by molar-refractivity contribution is 5.45. The van der Waals surface area contributed by atoms with Gasteiger partial charge in [0.05, 0.1) is 19.3 Å². The Morgan fingerprint density at radius 1 is 1.57 bits per heavy atom. The van der Waals surface area contributed by atoms with Gasteiger partial charge in [-0.25, -0.2) is 13.8 Å². The lowest BCUT2D eigenvalue weighted by molar-refractivity contribution is 0.141. The number of aromatic hydroxyl groups is 1. The summed E-state index contributed by atoms with van der Waals surface area (Å²) in [6.45, 7) is -0.607. The third kappa shape index (κ3) is 1.74. The number of aromatic nitrogens is 1. The lowest BCUT2D eigenvalue weighted by atomic mass is 10.1. The van der Waals surface area contributed by atoms with E-state index >= 15 is 0 Å². The van der Waals surface area contributed by atoms with Crippen molar-refractivity contribution in [2.45, 2.75) is 13.0 Å². The number of pyridine rings is 1. The van der Waals surface area contributed by atoms with E-state index in [-0.39, 0.29) is 11.4 Å². The molecule has 0 aliphatic rings. The molecule has 1 rings (SSSR count). The average molecular weight is 205 g/mol. The van der Waals surface area contributed by atoms with E-state index in [2.05, 4.69) is 9.72 Å². The average Bonchev–Trinajstić information content (AvgIpc) is 2.16. The summed E-state index contributed by atoms with van der Waals surface area (Å²) < 4.78 is 29.4. The normalized spacial score (nSPS) is 10.6. The van der Waals surface area contributed by atoms with Crippen LogP contribution < -0.4 is 4.74 Å². The van der Waals surface area contributed by atoms with Gasteiger partial charge >= 0.3 is 0 Å². The van der Waals surface area contributed by atoms with Crippen molar-refractivity contribution in [1.82, 2.24) is 4.98 Å². The second-order valence-electron chi connectivity index (χ2n) is 2.51. The van der Waals surface area contributed by atoms with E-state index < -0.39 is 24.3 Å². The van der Waals surface area contributed by atoms with E-state index in [1.54, 1.807) is 0 Å². The Morgan fingerprint density at radius 2 is 2.21 bits per heavy atom. The molecule has 2 N–H and O–H groups in total. The monoisotopic (exact) mass is 205 g/mol. The van der Waals surface area contributed by atoms with Gasteiger partial charge in [0, 0.05) is 11.8 Å². The molecule has 0 unspecified atom stereocenters. The molecule has 78 valence electrons. The first-order chi connectivity index (χ1) is 6.61. The van der Waals surface area contributed by atoms with Crippen molar-refractivity contribution in [2.75, 3.05) is 7.11 Å². The molecule has 0 atom stereocenters. The highest BCUT2D eigenvalue weighted by Gasteiger charge is 2.21. The number of halogens is 2. The summed E-state index contributed by atoms with van der Waals surface area (Å²) in [5, 5.41) is 18.0. The number of hydrogen-bond donors (Lipinski definition) is 2. The molecule has 0 fully saturated rings. The van der Waals surface area contributed by atoms with Crippen molar-refractivity contribution in [1.29, 1.82) is 0 Å². The SMILES string of the molecule is COc1ncc(CO)c(C(F)F)c1O. The fraction of sp³-hybridized carbons (Fsp3) is 0.375. The van der Waals surface area contributed by atoms with Crippen molar-refractivity contribution < 1.29 is 23.7 Å². The maximum atomic E-state index is 12.4. The summed E-state index contributed by atoms with van der Waals surface area (Å²) >= 11 is 0. The Hall–Kier alpha value is -1.43. The fourth-order valence-corrected chi connectivity index (χ4v) is 1.05. The Balaban J connectivity index is 3.31. The molecule has 4 nitrogen and oxygen atoms in total. The lowest BCUT2D eigenvalue weighted by Gasteiger charge is -2.10. The fourth-order valence-electron chi connectivity index (χ4n) is 1.05. The molecule has 0 aliphatic heterocycles. The van der Waals surface area contributed by atoms with Crippen LogP contribution in [0.4, 0.5) is 8.78 Å². The standard InChI is InChI=1S/C8H9F2NO3/c1-14-8-6(13)5(7(9)10)4(3-12)2-11-8/h2,7,12-13H,3H2,1H3. The number of ether oxygens (including phenoxy) is 1. The van der Waals surface area contributed by atoms with Gasteiger partial charge in [-0.1, -0.05) is 0 Å². The molecule has 0 saturated carbocycles. The van der Waals surface area contributed by atoms with Gasteiger partial charge < -0.3 is 14.9 Å². The molecule has 0 saturated heterocycles. The van der Waals surface area contributed by atoms with Gasteiger partial charge in [-0.3, -0.25) is 0 Å². The van der Waals surface area contributed by atoms with Crippen LogP contribution >= 0.6 is 0 Å². The van der Waals surface area contributed by atoms with Crippen LogP contribution in [0.5, 0.6) is 11.6 Å². The molecule has 0 aromatic carbocycles. The summed E-state index contributed by atoms with van der Waals surface area (Å²) in [4.78, 5) is 3.55. The minimum atomic E-state index is -2.88. The molecule has 1 aromatic heterocycles. The molecule has 6 heteroatoms. The predicted octanol–water partition coefficient (Wildman–Crippen LogP) is 1.23. The predicted molar refractivity (Wildman–Crippen MR) is 43.3 cm³/mol. The van der Waals surface area contributed by atoms with Gasteiger partial charge in [0.2, 0.25) is 0 Å². The van der Waals surface area contributed by atoms with Crippen molar-refractivity contribution in [2.24, 2.45) is 0 Å². The molecule has 0 bridgehead atoms. The second-order valence-corrected chi connectivity index (χ2v) is 2.51. The van der Waals surface area contributed by atoms with Crippen LogP contribution in [-0.4, -0.2) is 22.3 Å². The van der Waals surface area contributed by atoms with Crippen molar-refractivity contribution in [3.8, 4) is 11.6 Å². The van der Waals surface area contributed by atoms with Crippen LogP contribution in [0, 0.1) is 0 Å². The quantitative estimate of drug-likeness (QED) is 0.778. The van der Waals surface area contributed by atoms with Crippen LogP contribution in [0.2, 0.25) is 0 Å². The van der Waals surface area contributed by atoms with Gasteiger partial charge in [0.1, 0.15) is 0 Å². The third-order valence-corrected chi connectivity index (χ3v) is 1.72. The van der Waals surface area contributed by atoms with Gasteiger partial charge in [-0.2, -0.15) is 0 Å². The van der Waals surface area contributed by atoms with Crippen LogP contribution in [0.1, 0.15) is 17.6 Å². The van der Waals surface area contributed by atoms with E-state index in [1.807, 2.05) is 0 Å². The maximum absolute atomic E-state index is 12.4. The molecular formula is C8H9F2NO3. The molecule has 1 aromatic rings. The smallest absolute Gasteiger partial charge is 0.268 e. The first-order valence-electron chi connectivity index (χ1n) is 3.75. The molecule has 0 radical (unpaired) electrons. The Bertz CT molecular complexity index is 331. The molecule has 0 spiro atoms. The van der Waals surface area contributed by atoms with Gasteiger partial charge in [0.15, 0.2) is 5.75 Å². The summed E-state index contributed by atoms with van der Waals surface area (Å²) in [5.74, 6) is -1.01. The van der Waals surface area contributed by atoms with Crippen molar-refractivity contribution in [3.63, 3.8) is 0 Å². The van der Waals surface area contributed by atoms with E-state index in [9.17, 15) is 13.9 Å². The van der Waals surface area contributed by atoms with E-state index in [1.165, 1.54) is 7.11 Å². The van der Waals surface area contributed by atoms with Gasteiger partial charge in [0.25, 0.3) is 12.3 Å². The van der Waals surface area contributed by atoms with E-state index in [0.717, 1.165) is 6.20 Å². The minimum Gasteiger partial charge on any atom is -0.503 e. The zero-order valence-corrected chi connectivity index (χ0v) is 7.37. The van der Waals surface area contributed by atoms with Crippen molar-refractivity contribution >= 4 is 0 Å². The first kappa shape index (κ1) is 10.6. The Kier molecular flexibility index (Phi) is 3.19. The largest absolute Gasteiger partial charge is 0.503 e. The third-order valence-electron chi connectivity index (χ3n) is 1.72. The van der Waals surface area contributed by atoms with Crippen molar-refractivity contribution in [3.05, 3.63) is 17.3 Å². The maximum Gasteiger partial charge on any atom is 0.268 e. The number of alkyl halides is 2. The van der Waals surface area contributed by atoms with Crippen LogP contribution in [0.15, 0.2) is 6.20 Å². The van der Waals surface area contributed by atoms with Crippen LogP contribution in [-0.2, 0) is 6.61 Å².